The number of benzene rings is 1. The first kappa shape index (κ1) is 14.2. The number of carboxylic acids is 1. The van der Waals surface area contributed by atoms with E-state index in [4.69, 9.17) is 16.7 Å². The van der Waals surface area contributed by atoms with E-state index in [0.717, 1.165) is 16.4 Å². The van der Waals surface area contributed by atoms with Gasteiger partial charge >= 0.3 is 5.97 Å². The van der Waals surface area contributed by atoms with Gasteiger partial charge in [-0.15, -0.1) is 0 Å². The Kier molecular flexibility index (Phi) is 3.80. The fourth-order valence-corrected chi connectivity index (χ4v) is 4.06. The minimum atomic E-state index is -4.19. The van der Waals surface area contributed by atoms with Gasteiger partial charge in [0.05, 0.1) is 0 Å². The number of carbonyl (C=O) groups is 1. The maximum Gasteiger partial charge on any atom is 0.322 e. The summed E-state index contributed by atoms with van der Waals surface area (Å²) in [5.41, 5.74) is 0. The molecule has 19 heavy (non-hydrogen) atoms. The molecule has 1 N–H and O–H groups in total. The normalized spacial score (nSPS) is 20.6. The van der Waals surface area contributed by atoms with E-state index in [0.29, 0.717) is 6.42 Å². The summed E-state index contributed by atoms with van der Waals surface area (Å²) in [7, 11) is -4.19. The van der Waals surface area contributed by atoms with Crippen LogP contribution in [0.25, 0.3) is 0 Å². The van der Waals surface area contributed by atoms with Crippen LogP contribution in [0.15, 0.2) is 23.1 Å². The van der Waals surface area contributed by atoms with Gasteiger partial charge in [-0.2, -0.15) is 4.31 Å². The molecule has 1 atom stereocenters. The van der Waals surface area contributed by atoms with E-state index < -0.39 is 32.7 Å². The van der Waals surface area contributed by atoms with E-state index in [1.54, 1.807) is 0 Å². The Morgan fingerprint density at radius 3 is 2.79 bits per heavy atom. The van der Waals surface area contributed by atoms with Crippen LogP contribution in [-0.2, 0) is 14.8 Å². The number of carboxylic acid groups (broad SMARTS) is 1. The van der Waals surface area contributed by atoms with Crippen LogP contribution in [0.2, 0.25) is 5.02 Å². The van der Waals surface area contributed by atoms with Crippen LogP contribution >= 0.6 is 11.6 Å². The zero-order valence-electron chi connectivity index (χ0n) is 9.71. The number of hydrogen-bond acceptors (Lipinski definition) is 3. The minimum absolute atomic E-state index is 0.0608. The van der Waals surface area contributed by atoms with Crippen LogP contribution in [0.5, 0.6) is 0 Å². The van der Waals surface area contributed by atoms with Gasteiger partial charge in [-0.1, -0.05) is 11.6 Å². The predicted molar refractivity (Wildman–Crippen MR) is 66.0 cm³/mol. The Bertz CT molecular complexity index is 619. The third-order valence-electron chi connectivity index (χ3n) is 2.97. The largest absolute Gasteiger partial charge is 0.480 e. The van der Waals surface area contributed by atoms with Crippen molar-refractivity contribution in [3.8, 4) is 0 Å². The molecule has 5 nitrogen and oxygen atoms in total. The number of sulfonamides is 1. The Hall–Kier alpha value is -1.18. The lowest BCUT2D eigenvalue weighted by atomic mass is 10.2. The van der Waals surface area contributed by atoms with E-state index in [1.165, 1.54) is 6.07 Å². The van der Waals surface area contributed by atoms with Gasteiger partial charge in [-0.05, 0) is 31.0 Å². The Morgan fingerprint density at radius 2 is 2.16 bits per heavy atom. The Balaban J connectivity index is 2.48. The second-order valence-electron chi connectivity index (χ2n) is 4.19. The Morgan fingerprint density at radius 1 is 1.47 bits per heavy atom. The van der Waals surface area contributed by atoms with Crippen LogP contribution in [-0.4, -0.2) is 36.4 Å². The summed E-state index contributed by atoms with van der Waals surface area (Å²) in [6.45, 7) is 0.0608. The molecule has 0 radical (unpaired) electrons. The van der Waals surface area contributed by atoms with Crippen molar-refractivity contribution in [1.29, 1.82) is 0 Å². The molecule has 1 aliphatic rings. The molecule has 1 aliphatic heterocycles. The second-order valence-corrected chi connectivity index (χ2v) is 6.48. The van der Waals surface area contributed by atoms with Crippen LogP contribution in [0.1, 0.15) is 12.8 Å². The summed E-state index contributed by atoms with van der Waals surface area (Å²) in [5.74, 6) is -2.18. The van der Waals surface area contributed by atoms with E-state index in [-0.39, 0.29) is 18.0 Å². The highest BCUT2D eigenvalue weighted by Crippen LogP contribution is 2.29. The van der Waals surface area contributed by atoms with Crippen LogP contribution < -0.4 is 0 Å². The monoisotopic (exact) mass is 307 g/mol. The first-order valence-electron chi connectivity index (χ1n) is 5.54. The summed E-state index contributed by atoms with van der Waals surface area (Å²) in [4.78, 5) is 10.4. The first-order valence-corrected chi connectivity index (χ1v) is 7.35. The highest BCUT2D eigenvalue weighted by molar-refractivity contribution is 7.89. The van der Waals surface area contributed by atoms with Crippen molar-refractivity contribution in [3.63, 3.8) is 0 Å². The number of aliphatic carboxylic acids is 1. The lowest BCUT2D eigenvalue weighted by molar-refractivity contribution is -0.140. The van der Waals surface area contributed by atoms with Gasteiger partial charge in [0.1, 0.15) is 16.8 Å². The van der Waals surface area contributed by atoms with Gasteiger partial charge in [0.25, 0.3) is 0 Å². The molecular formula is C11H11ClFNO4S. The quantitative estimate of drug-likeness (QED) is 0.922. The summed E-state index contributed by atoms with van der Waals surface area (Å²) in [6, 6.07) is 2.02. The molecule has 104 valence electrons. The molecule has 0 bridgehead atoms. The SMILES string of the molecule is O=C(O)[C@@H]1CCCN1S(=O)(=O)c1cc(Cl)ccc1F. The van der Waals surface area contributed by atoms with Gasteiger partial charge in [-0.3, -0.25) is 4.79 Å². The topological polar surface area (TPSA) is 74.7 Å². The molecular weight excluding hydrogens is 297 g/mol. The molecule has 8 heteroatoms. The van der Waals surface area contributed by atoms with Crippen molar-refractivity contribution >= 4 is 27.6 Å². The van der Waals surface area contributed by atoms with E-state index in [2.05, 4.69) is 0 Å². The van der Waals surface area contributed by atoms with Gasteiger partial charge in [0.2, 0.25) is 10.0 Å². The first-order chi connectivity index (χ1) is 8.84. The summed E-state index contributed by atoms with van der Waals surface area (Å²) < 4.78 is 39.0. The third kappa shape index (κ3) is 2.58. The zero-order chi connectivity index (χ0) is 14.2. The Labute approximate surface area is 114 Å². The predicted octanol–water partition coefficient (Wildman–Crippen LogP) is 1.72. The maximum atomic E-state index is 13.6. The lowest BCUT2D eigenvalue weighted by Crippen LogP contribution is -2.40. The van der Waals surface area contributed by atoms with Gasteiger partial charge in [0, 0.05) is 11.6 Å². The average Bonchev–Trinajstić information content (AvgIpc) is 2.82. The molecule has 0 amide bonds. The van der Waals surface area contributed by atoms with Crippen molar-refractivity contribution < 1.29 is 22.7 Å². The molecule has 0 aromatic heterocycles. The fourth-order valence-electron chi connectivity index (χ4n) is 2.08. The lowest BCUT2D eigenvalue weighted by Gasteiger charge is -2.21. The summed E-state index contributed by atoms with van der Waals surface area (Å²) in [6.07, 6.45) is 0.648. The summed E-state index contributed by atoms with van der Waals surface area (Å²) in [5, 5.41) is 9.07. The number of nitrogens with zero attached hydrogens (tertiary/aromatic N) is 1. The second kappa shape index (κ2) is 5.07. The van der Waals surface area contributed by atoms with Crippen molar-refractivity contribution in [2.75, 3.05) is 6.54 Å². The highest BCUT2D eigenvalue weighted by Gasteiger charge is 2.40. The van der Waals surface area contributed by atoms with Crippen LogP contribution in [0.4, 0.5) is 4.39 Å². The van der Waals surface area contributed by atoms with E-state index in [1.807, 2.05) is 0 Å². The van der Waals surface area contributed by atoms with Crippen molar-refractivity contribution in [1.82, 2.24) is 4.31 Å². The third-order valence-corrected chi connectivity index (χ3v) is 5.13. The zero-order valence-corrected chi connectivity index (χ0v) is 11.3. The molecule has 0 aliphatic carbocycles. The average molecular weight is 308 g/mol. The minimum Gasteiger partial charge on any atom is -0.480 e. The maximum absolute atomic E-state index is 13.6. The standard InChI is InChI=1S/C11H11ClFNO4S/c12-7-3-4-8(13)10(6-7)19(17,18)14-5-1-2-9(14)11(15)16/h3-4,6,9H,1-2,5H2,(H,15,16)/t9-/m0/s1. The smallest absolute Gasteiger partial charge is 0.322 e. The molecule has 0 spiro atoms. The molecule has 0 unspecified atom stereocenters. The molecule has 1 aromatic rings. The van der Waals surface area contributed by atoms with Crippen LogP contribution in [0, 0.1) is 5.82 Å². The molecule has 0 saturated carbocycles. The number of rotatable bonds is 3. The fraction of sp³-hybridized carbons (Fsp3) is 0.364. The molecule has 1 heterocycles. The number of halogens is 2. The molecule has 1 saturated heterocycles. The van der Waals surface area contributed by atoms with Crippen LogP contribution in [0.3, 0.4) is 0 Å². The van der Waals surface area contributed by atoms with Crippen molar-refractivity contribution in [2.45, 2.75) is 23.8 Å². The van der Waals surface area contributed by atoms with Crippen molar-refractivity contribution in [3.05, 3.63) is 29.0 Å². The molecule has 1 aromatic carbocycles. The molecule has 1 fully saturated rings. The van der Waals surface area contributed by atoms with E-state index in [9.17, 15) is 17.6 Å². The van der Waals surface area contributed by atoms with Crippen molar-refractivity contribution in [2.24, 2.45) is 0 Å². The van der Waals surface area contributed by atoms with Gasteiger partial charge in [-0.25, -0.2) is 12.8 Å². The van der Waals surface area contributed by atoms with E-state index >= 15 is 0 Å². The summed E-state index contributed by atoms with van der Waals surface area (Å²) >= 11 is 5.66. The van der Waals surface area contributed by atoms with Gasteiger partial charge in [0.15, 0.2) is 0 Å². The number of hydrogen-bond donors (Lipinski definition) is 1. The van der Waals surface area contributed by atoms with Gasteiger partial charge < -0.3 is 5.11 Å². The molecule has 2 rings (SSSR count). The highest BCUT2D eigenvalue weighted by atomic mass is 35.5.